The molecule has 92 valence electrons. The number of rotatable bonds is 5. The van der Waals surface area contributed by atoms with Crippen molar-refractivity contribution in [1.29, 1.82) is 0 Å². The Hall–Kier alpha value is -1.20. The molecule has 0 aliphatic heterocycles. The van der Waals surface area contributed by atoms with Crippen LogP contribution in [0.25, 0.3) is 0 Å². The normalized spacial score (nSPS) is 11.3. The van der Waals surface area contributed by atoms with Crippen LogP contribution < -0.4 is 0 Å². The molecule has 0 saturated heterocycles. The maximum atomic E-state index is 5.49. The standard InChI is InChI=1S/C12H17N3OS/c1-4-11-13-14-12(16-11)8-15(3)7-10-9(2)5-6-17-10/h5-6H,4,7-8H2,1-3H3. The molecule has 2 aromatic rings. The summed E-state index contributed by atoms with van der Waals surface area (Å²) in [5.41, 5.74) is 1.35. The first-order valence-electron chi connectivity index (χ1n) is 5.71. The zero-order valence-electron chi connectivity index (χ0n) is 10.4. The Morgan fingerprint density at radius 3 is 2.65 bits per heavy atom. The van der Waals surface area contributed by atoms with E-state index < -0.39 is 0 Å². The molecule has 17 heavy (non-hydrogen) atoms. The van der Waals surface area contributed by atoms with Crippen molar-refractivity contribution < 1.29 is 4.42 Å². The summed E-state index contributed by atoms with van der Waals surface area (Å²) in [6.07, 6.45) is 0.792. The van der Waals surface area contributed by atoms with Crippen molar-refractivity contribution in [2.24, 2.45) is 0 Å². The van der Waals surface area contributed by atoms with E-state index in [0.717, 1.165) is 13.0 Å². The minimum atomic E-state index is 0.693. The Morgan fingerprint density at radius 1 is 1.29 bits per heavy atom. The van der Waals surface area contributed by atoms with E-state index in [2.05, 4.69) is 40.5 Å². The molecule has 0 bridgehead atoms. The van der Waals surface area contributed by atoms with Gasteiger partial charge in [0.1, 0.15) is 0 Å². The van der Waals surface area contributed by atoms with E-state index in [1.807, 2.05) is 6.92 Å². The second kappa shape index (κ2) is 5.42. The van der Waals surface area contributed by atoms with Gasteiger partial charge >= 0.3 is 0 Å². The van der Waals surface area contributed by atoms with Gasteiger partial charge in [0.15, 0.2) is 0 Å². The summed E-state index contributed by atoms with van der Waals surface area (Å²) in [5, 5.41) is 10.1. The van der Waals surface area contributed by atoms with Crippen LogP contribution in [0.5, 0.6) is 0 Å². The minimum absolute atomic E-state index is 0.693. The van der Waals surface area contributed by atoms with Crippen LogP contribution in [0.4, 0.5) is 0 Å². The Balaban J connectivity index is 1.93. The monoisotopic (exact) mass is 251 g/mol. The summed E-state index contributed by atoms with van der Waals surface area (Å²) in [7, 11) is 2.06. The van der Waals surface area contributed by atoms with E-state index in [0.29, 0.717) is 18.3 Å². The van der Waals surface area contributed by atoms with Crippen molar-refractivity contribution in [3.63, 3.8) is 0 Å². The number of aryl methyl sites for hydroxylation is 2. The molecule has 0 aliphatic rings. The topological polar surface area (TPSA) is 42.2 Å². The predicted octanol–water partition coefficient (Wildman–Crippen LogP) is 2.63. The lowest BCUT2D eigenvalue weighted by molar-refractivity contribution is 0.279. The lowest BCUT2D eigenvalue weighted by Gasteiger charge is -2.13. The second-order valence-corrected chi connectivity index (χ2v) is 5.14. The number of nitrogens with zero attached hydrogens (tertiary/aromatic N) is 3. The molecule has 0 aromatic carbocycles. The smallest absolute Gasteiger partial charge is 0.230 e. The molecule has 0 saturated carbocycles. The molecular formula is C12H17N3OS. The van der Waals surface area contributed by atoms with Crippen molar-refractivity contribution in [1.82, 2.24) is 15.1 Å². The van der Waals surface area contributed by atoms with Gasteiger partial charge in [0, 0.05) is 17.8 Å². The molecular weight excluding hydrogens is 234 g/mol. The van der Waals surface area contributed by atoms with E-state index in [1.165, 1.54) is 10.4 Å². The Bertz CT molecular complexity index is 478. The van der Waals surface area contributed by atoms with Crippen LogP contribution in [0.15, 0.2) is 15.9 Å². The molecule has 0 N–H and O–H groups in total. The summed E-state index contributed by atoms with van der Waals surface area (Å²) in [6.45, 7) is 5.77. The highest BCUT2D eigenvalue weighted by Crippen LogP contribution is 2.18. The second-order valence-electron chi connectivity index (χ2n) is 4.14. The van der Waals surface area contributed by atoms with Crippen molar-refractivity contribution in [3.05, 3.63) is 33.7 Å². The molecule has 2 rings (SSSR count). The van der Waals surface area contributed by atoms with E-state index in [4.69, 9.17) is 4.42 Å². The summed E-state index contributed by atoms with van der Waals surface area (Å²) < 4.78 is 5.49. The van der Waals surface area contributed by atoms with Crippen LogP contribution in [0.2, 0.25) is 0 Å². The van der Waals surface area contributed by atoms with Crippen LogP contribution in [0.1, 0.15) is 29.1 Å². The zero-order valence-corrected chi connectivity index (χ0v) is 11.3. The third-order valence-corrected chi connectivity index (χ3v) is 3.61. The summed E-state index contributed by atoms with van der Waals surface area (Å²) in [6, 6.07) is 2.15. The largest absolute Gasteiger partial charge is 0.424 e. The maximum Gasteiger partial charge on any atom is 0.230 e. The van der Waals surface area contributed by atoms with Gasteiger partial charge in [0.25, 0.3) is 0 Å². The molecule has 0 fully saturated rings. The highest BCUT2D eigenvalue weighted by molar-refractivity contribution is 7.10. The van der Waals surface area contributed by atoms with Crippen molar-refractivity contribution >= 4 is 11.3 Å². The van der Waals surface area contributed by atoms with Crippen molar-refractivity contribution in [2.45, 2.75) is 33.4 Å². The lowest BCUT2D eigenvalue weighted by atomic mass is 10.3. The van der Waals surface area contributed by atoms with Crippen molar-refractivity contribution in [3.8, 4) is 0 Å². The fourth-order valence-corrected chi connectivity index (χ4v) is 2.58. The molecule has 0 aliphatic carbocycles. The van der Waals surface area contributed by atoms with Gasteiger partial charge in [-0.05, 0) is 31.0 Å². The van der Waals surface area contributed by atoms with E-state index >= 15 is 0 Å². The molecule has 0 amide bonds. The first-order chi connectivity index (χ1) is 8.19. The Morgan fingerprint density at radius 2 is 2.06 bits per heavy atom. The van der Waals surface area contributed by atoms with E-state index in [9.17, 15) is 0 Å². The molecule has 2 heterocycles. The van der Waals surface area contributed by atoms with Crippen LogP contribution in [0, 0.1) is 6.92 Å². The minimum Gasteiger partial charge on any atom is -0.424 e. The lowest BCUT2D eigenvalue weighted by Crippen LogP contribution is -2.17. The van der Waals surface area contributed by atoms with Crippen LogP contribution in [-0.2, 0) is 19.5 Å². The van der Waals surface area contributed by atoms with Crippen LogP contribution in [0.3, 0.4) is 0 Å². The predicted molar refractivity (Wildman–Crippen MR) is 67.9 cm³/mol. The van der Waals surface area contributed by atoms with Crippen LogP contribution >= 0.6 is 11.3 Å². The molecule has 2 aromatic heterocycles. The molecule has 0 spiro atoms. The Labute approximate surface area is 105 Å². The van der Waals surface area contributed by atoms with Gasteiger partial charge in [-0.1, -0.05) is 6.92 Å². The third kappa shape index (κ3) is 3.14. The van der Waals surface area contributed by atoms with Gasteiger partial charge in [-0.2, -0.15) is 0 Å². The van der Waals surface area contributed by atoms with E-state index in [-0.39, 0.29) is 0 Å². The number of hydrogen-bond acceptors (Lipinski definition) is 5. The van der Waals surface area contributed by atoms with Crippen LogP contribution in [-0.4, -0.2) is 22.1 Å². The van der Waals surface area contributed by atoms with E-state index in [1.54, 1.807) is 11.3 Å². The van der Waals surface area contributed by atoms with Gasteiger partial charge in [-0.3, -0.25) is 4.90 Å². The van der Waals surface area contributed by atoms with Crippen molar-refractivity contribution in [2.75, 3.05) is 7.05 Å². The summed E-state index contributed by atoms with van der Waals surface area (Å²) in [4.78, 5) is 3.58. The third-order valence-electron chi connectivity index (χ3n) is 2.60. The number of hydrogen-bond donors (Lipinski definition) is 0. The zero-order chi connectivity index (χ0) is 12.3. The first-order valence-corrected chi connectivity index (χ1v) is 6.59. The molecule has 0 atom stereocenters. The fourth-order valence-electron chi connectivity index (χ4n) is 1.59. The highest BCUT2D eigenvalue weighted by Gasteiger charge is 2.09. The first kappa shape index (κ1) is 12.3. The molecule has 0 unspecified atom stereocenters. The summed E-state index contributed by atoms with van der Waals surface area (Å²) in [5.74, 6) is 1.40. The van der Waals surface area contributed by atoms with Gasteiger partial charge in [0.2, 0.25) is 11.8 Å². The SMILES string of the molecule is CCc1nnc(CN(C)Cc2sccc2C)o1. The van der Waals surface area contributed by atoms with Gasteiger partial charge < -0.3 is 4.42 Å². The quantitative estimate of drug-likeness (QED) is 0.819. The molecule has 0 radical (unpaired) electrons. The Kier molecular flexibility index (Phi) is 3.91. The average Bonchev–Trinajstić information content (AvgIpc) is 2.89. The van der Waals surface area contributed by atoms with Gasteiger partial charge in [-0.25, -0.2) is 0 Å². The van der Waals surface area contributed by atoms with Gasteiger partial charge in [0.05, 0.1) is 6.54 Å². The average molecular weight is 251 g/mol. The highest BCUT2D eigenvalue weighted by atomic mass is 32.1. The molecule has 4 nitrogen and oxygen atoms in total. The molecule has 5 heteroatoms. The summed E-state index contributed by atoms with van der Waals surface area (Å²) >= 11 is 1.79. The fraction of sp³-hybridized carbons (Fsp3) is 0.500. The number of aromatic nitrogens is 2. The van der Waals surface area contributed by atoms with Gasteiger partial charge in [-0.15, -0.1) is 21.5 Å². The maximum absolute atomic E-state index is 5.49. The number of thiophene rings is 1.